The molecule has 0 bridgehead atoms. The van der Waals surface area contributed by atoms with E-state index in [-0.39, 0.29) is 19.0 Å². The van der Waals surface area contributed by atoms with Gasteiger partial charge in [-0.25, -0.2) is 0 Å². The Kier molecular flexibility index (Phi) is 7.14. The van der Waals surface area contributed by atoms with Crippen LogP contribution >= 0.6 is 34.8 Å². The monoisotopic (exact) mass is 378 g/mol. The van der Waals surface area contributed by atoms with Crippen LogP contribution in [0.15, 0.2) is 30.3 Å². The Balaban J connectivity index is 2.31. The van der Waals surface area contributed by atoms with Crippen molar-refractivity contribution < 1.29 is 9.53 Å². The maximum atomic E-state index is 11.5. The first-order valence-electron chi connectivity index (χ1n) is 5.42. The van der Waals surface area contributed by atoms with Crippen LogP contribution in [0.2, 0.25) is 0 Å². The molecule has 0 aliphatic carbocycles. The van der Waals surface area contributed by atoms with Gasteiger partial charge in [-0.15, -0.1) is 0 Å². The maximum absolute atomic E-state index is 11.5. The highest BCUT2D eigenvalue weighted by molar-refractivity contribution is 14.1. The molecule has 0 saturated heterocycles. The number of hydrogen-bond acceptors (Lipinski definition) is 4. The predicted octanol–water partition coefficient (Wildman–Crippen LogP) is 1.76. The molecule has 98 valence electrons. The molecular formula is C12H15IN2O2S. The summed E-state index contributed by atoms with van der Waals surface area (Å²) in [6, 6.07) is 9.02. The van der Waals surface area contributed by atoms with Gasteiger partial charge in [-0.3, -0.25) is 4.79 Å². The summed E-state index contributed by atoms with van der Waals surface area (Å²) in [7, 11) is 0. The summed E-state index contributed by atoms with van der Waals surface area (Å²) in [5.41, 5.74) is 6.72. The van der Waals surface area contributed by atoms with Gasteiger partial charge in [0.2, 0.25) is 0 Å². The van der Waals surface area contributed by atoms with Gasteiger partial charge in [0.25, 0.3) is 0 Å². The fourth-order valence-corrected chi connectivity index (χ4v) is 2.09. The topological polar surface area (TPSA) is 64.4 Å². The highest BCUT2D eigenvalue weighted by Crippen LogP contribution is 2.03. The van der Waals surface area contributed by atoms with Gasteiger partial charge in [0.1, 0.15) is 6.61 Å². The van der Waals surface area contributed by atoms with E-state index >= 15 is 0 Å². The normalized spacial score (nSPS) is 11.7. The first-order chi connectivity index (χ1) is 8.63. The van der Waals surface area contributed by atoms with Gasteiger partial charge in [-0.1, -0.05) is 65.1 Å². The van der Waals surface area contributed by atoms with Crippen molar-refractivity contribution in [2.45, 2.75) is 19.1 Å². The van der Waals surface area contributed by atoms with Crippen molar-refractivity contribution >= 4 is 45.8 Å². The minimum Gasteiger partial charge on any atom is -0.461 e. The Morgan fingerprint density at radius 1 is 1.44 bits per heavy atom. The van der Waals surface area contributed by atoms with Crippen LogP contribution in [-0.4, -0.2) is 21.6 Å². The second-order valence-corrected chi connectivity index (χ2v) is 4.83. The smallest absolute Gasteiger partial charge is 0.308 e. The van der Waals surface area contributed by atoms with Crippen molar-refractivity contribution in [1.29, 1.82) is 0 Å². The Bertz CT molecular complexity index is 400. The van der Waals surface area contributed by atoms with Crippen LogP contribution in [0.25, 0.3) is 0 Å². The van der Waals surface area contributed by atoms with Gasteiger partial charge in [0.15, 0.2) is 0 Å². The lowest BCUT2D eigenvalue weighted by Gasteiger charge is -2.13. The molecule has 0 saturated carbocycles. The number of rotatable bonds is 6. The minimum atomic E-state index is -0.488. The summed E-state index contributed by atoms with van der Waals surface area (Å²) in [4.78, 5) is 12.0. The van der Waals surface area contributed by atoms with Crippen LogP contribution in [0, 0.1) is 0 Å². The van der Waals surface area contributed by atoms with Crippen molar-refractivity contribution in [3.8, 4) is 0 Å². The summed E-state index contributed by atoms with van der Waals surface area (Å²) in [5.74, 6) is -0.344. The Morgan fingerprint density at radius 3 is 2.72 bits per heavy atom. The third-order valence-electron chi connectivity index (χ3n) is 2.21. The molecule has 1 atom stereocenters. The molecule has 0 spiro atoms. The van der Waals surface area contributed by atoms with Gasteiger partial charge >= 0.3 is 5.97 Å². The van der Waals surface area contributed by atoms with Crippen molar-refractivity contribution in [1.82, 2.24) is 5.32 Å². The van der Waals surface area contributed by atoms with Crippen molar-refractivity contribution in [3.05, 3.63) is 35.9 Å². The van der Waals surface area contributed by atoms with Crippen LogP contribution < -0.4 is 11.1 Å². The molecule has 0 radical (unpaired) electrons. The Labute approximate surface area is 125 Å². The average Bonchev–Trinajstić information content (AvgIpc) is 2.38. The SMILES string of the molecule is N[C@@H](CC(=O)OCc1ccccc1)C(=S)NCI. The van der Waals surface area contributed by atoms with Gasteiger partial charge < -0.3 is 15.8 Å². The van der Waals surface area contributed by atoms with Crippen LogP contribution in [0.1, 0.15) is 12.0 Å². The van der Waals surface area contributed by atoms with Crippen LogP contribution in [-0.2, 0) is 16.1 Å². The van der Waals surface area contributed by atoms with E-state index in [4.69, 9.17) is 22.7 Å². The molecule has 0 unspecified atom stereocenters. The zero-order chi connectivity index (χ0) is 13.4. The molecule has 18 heavy (non-hydrogen) atoms. The fourth-order valence-electron chi connectivity index (χ4n) is 1.27. The zero-order valence-electron chi connectivity index (χ0n) is 9.77. The molecule has 0 aliphatic rings. The molecule has 0 heterocycles. The number of hydrogen-bond donors (Lipinski definition) is 2. The number of alkyl halides is 1. The molecule has 0 aliphatic heterocycles. The van der Waals surface area contributed by atoms with E-state index in [1.807, 2.05) is 30.3 Å². The number of nitrogens with two attached hydrogens (primary N) is 1. The number of carbonyl (C=O) groups excluding carboxylic acids is 1. The van der Waals surface area contributed by atoms with Crippen LogP contribution in [0.4, 0.5) is 0 Å². The Hall–Kier alpha value is -0.730. The van der Waals surface area contributed by atoms with E-state index in [0.29, 0.717) is 9.54 Å². The molecule has 1 aromatic carbocycles. The second-order valence-electron chi connectivity index (χ2n) is 3.63. The molecule has 1 rings (SSSR count). The molecule has 1 aromatic rings. The Morgan fingerprint density at radius 2 is 2.11 bits per heavy atom. The van der Waals surface area contributed by atoms with Gasteiger partial charge in [0, 0.05) is 0 Å². The van der Waals surface area contributed by atoms with Gasteiger partial charge in [0.05, 0.1) is 22.0 Å². The number of thiocarbonyl (C=S) groups is 1. The van der Waals surface area contributed by atoms with E-state index in [9.17, 15) is 4.79 Å². The summed E-state index contributed by atoms with van der Waals surface area (Å²) in [6.45, 7) is 0.263. The lowest BCUT2D eigenvalue weighted by Crippen LogP contribution is -2.40. The summed E-state index contributed by atoms with van der Waals surface area (Å²) >= 11 is 7.15. The number of carbonyl (C=O) groups is 1. The van der Waals surface area contributed by atoms with E-state index in [0.717, 1.165) is 5.56 Å². The lowest BCUT2D eigenvalue weighted by atomic mass is 10.2. The van der Waals surface area contributed by atoms with Crippen LogP contribution in [0.5, 0.6) is 0 Å². The van der Waals surface area contributed by atoms with E-state index in [2.05, 4.69) is 27.9 Å². The highest BCUT2D eigenvalue weighted by atomic mass is 127. The molecule has 0 amide bonds. The van der Waals surface area contributed by atoms with E-state index in [1.165, 1.54) is 0 Å². The summed E-state index contributed by atoms with van der Waals surface area (Å²) < 4.78 is 5.79. The number of halogens is 1. The molecule has 3 N–H and O–H groups in total. The summed E-state index contributed by atoms with van der Waals surface area (Å²) in [5, 5.41) is 2.91. The minimum absolute atomic E-state index is 0.0926. The predicted molar refractivity (Wildman–Crippen MR) is 83.5 cm³/mol. The third kappa shape index (κ3) is 5.74. The second kappa shape index (κ2) is 8.39. The number of ether oxygens (including phenoxy) is 1. The molecular weight excluding hydrogens is 363 g/mol. The quantitative estimate of drug-likeness (QED) is 0.260. The largest absolute Gasteiger partial charge is 0.461 e. The number of esters is 1. The van der Waals surface area contributed by atoms with Gasteiger partial charge in [-0.05, 0) is 5.56 Å². The zero-order valence-corrected chi connectivity index (χ0v) is 12.7. The number of benzene rings is 1. The maximum Gasteiger partial charge on any atom is 0.308 e. The lowest BCUT2D eigenvalue weighted by molar-refractivity contribution is -0.145. The summed E-state index contributed by atoms with van der Waals surface area (Å²) in [6.07, 6.45) is 0.0926. The highest BCUT2D eigenvalue weighted by Gasteiger charge is 2.14. The molecule has 0 aromatic heterocycles. The first-order valence-corrected chi connectivity index (χ1v) is 7.35. The van der Waals surface area contributed by atoms with Crippen molar-refractivity contribution in [2.24, 2.45) is 5.73 Å². The first kappa shape index (κ1) is 15.3. The molecule has 0 fully saturated rings. The van der Waals surface area contributed by atoms with E-state index < -0.39 is 6.04 Å². The van der Waals surface area contributed by atoms with Crippen molar-refractivity contribution in [2.75, 3.05) is 4.55 Å². The molecule has 6 heteroatoms. The average molecular weight is 378 g/mol. The third-order valence-corrected chi connectivity index (χ3v) is 3.04. The van der Waals surface area contributed by atoms with Crippen molar-refractivity contribution in [3.63, 3.8) is 0 Å². The molecule has 4 nitrogen and oxygen atoms in total. The fraction of sp³-hybridized carbons (Fsp3) is 0.333. The van der Waals surface area contributed by atoms with Crippen LogP contribution in [0.3, 0.4) is 0 Å². The standard InChI is InChI=1S/C12H15IN2O2S/c13-8-15-12(18)10(14)6-11(16)17-7-9-4-2-1-3-5-9/h1-5,10H,6-8,14H2,(H,15,18)/t10-/m0/s1. The van der Waals surface area contributed by atoms with E-state index in [1.54, 1.807) is 0 Å². The van der Waals surface area contributed by atoms with Gasteiger partial charge in [-0.2, -0.15) is 0 Å². The number of nitrogens with one attached hydrogen (secondary N) is 1.